The summed E-state index contributed by atoms with van der Waals surface area (Å²) in [7, 11) is 0. The van der Waals surface area contributed by atoms with Gasteiger partial charge in [0.05, 0.1) is 18.3 Å². The molecule has 0 aliphatic heterocycles. The second-order valence-corrected chi connectivity index (χ2v) is 4.26. The molecule has 0 bridgehead atoms. The quantitative estimate of drug-likeness (QED) is 0.754. The summed E-state index contributed by atoms with van der Waals surface area (Å²) >= 11 is 0. The Morgan fingerprint density at radius 2 is 2.05 bits per heavy atom. The zero-order valence-corrected chi connectivity index (χ0v) is 10.5. The van der Waals surface area contributed by atoms with Gasteiger partial charge in [-0.15, -0.1) is 0 Å². The van der Waals surface area contributed by atoms with Crippen molar-refractivity contribution >= 4 is 22.5 Å². The number of fused-ring (bicyclic) bond motifs is 1. The molecular formula is C14H12N4O2. The number of amides is 1. The first kappa shape index (κ1) is 12.2. The number of anilines is 1. The number of nitrogens with zero attached hydrogens (tertiary/aromatic N) is 2. The van der Waals surface area contributed by atoms with E-state index in [0.717, 1.165) is 10.8 Å². The predicted octanol–water partition coefficient (Wildman–Crippen LogP) is 1.73. The number of benzene rings is 1. The average Bonchev–Trinajstić information content (AvgIpc) is 2.99. The number of hydrogen-bond donors (Lipinski definition) is 2. The highest BCUT2D eigenvalue weighted by Crippen LogP contribution is 2.22. The zero-order valence-electron chi connectivity index (χ0n) is 10.5. The zero-order chi connectivity index (χ0) is 13.9. The van der Waals surface area contributed by atoms with Crippen molar-refractivity contribution in [1.82, 2.24) is 15.5 Å². The Morgan fingerprint density at radius 3 is 2.80 bits per heavy atom. The van der Waals surface area contributed by atoms with Crippen LogP contribution in [0.4, 0.5) is 5.82 Å². The largest absolute Gasteiger partial charge is 0.383 e. The number of nitrogens with two attached hydrogens (primary N) is 1. The predicted molar refractivity (Wildman–Crippen MR) is 73.8 cm³/mol. The maximum Gasteiger partial charge on any atom is 0.253 e. The molecule has 6 heteroatoms. The summed E-state index contributed by atoms with van der Waals surface area (Å²) in [6.07, 6.45) is 3.01. The Kier molecular flexibility index (Phi) is 3.04. The van der Waals surface area contributed by atoms with Crippen LogP contribution in [0.3, 0.4) is 0 Å². The molecule has 0 unspecified atom stereocenters. The molecule has 2 heterocycles. The lowest BCUT2D eigenvalue weighted by Crippen LogP contribution is -2.23. The lowest BCUT2D eigenvalue weighted by molar-refractivity contribution is 0.0948. The van der Waals surface area contributed by atoms with Gasteiger partial charge in [0.2, 0.25) is 0 Å². The molecule has 0 saturated heterocycles. The van der Waals surface area contributed by atoms with Gasteiger partial charge in [-0.25, -0.2) is 4.98 Å². The maximum atomic E-state index is 12.2. The molecule has 0 aliphatic rings. The minimum Gasteiger partial charge on any atom is -0.383 e. The van der Waals surface area contributed by atoms with Gasteiger partial charge in [0, 0.05) is 17.6 Å². The van der Waals surface area contributed by atoms with Gasteiger partial charge in [-0.2, -0.15) is 0 Å². The molecule has 3 N–H and O–H groups in total. The van der Waals surface area contributed by atoms with Gasteiger partial charge in [0.15, 0.2) is 5.76 Å². The van der Waals surface area contributed by atoms with E-state index in [4.69, 9.17) is 10.3 Å². The van der Waals surface area contributed by atoms with Crippen LogP contribution in [-0.2, 0) is 6.54 Å². The van der Waals surface area contributed by atoms with Gasteiger partial charge in [0.25, 0.3) is 5.91 Å². The number of carbonyl (C=O) groups excluding carboxylic acids is 1. The fourth-order valence-electron chi connectivity index (χ4n) is 1.99. The standard InChI is InChI=1S/C14H12N4O2/c15-13-11-4-2-1-3-10(11)12(8-16-13)14(19)17-7-9-5-6-18-20-9/h1-6,8H,7H2,(H2,15,16)(H,17,19). The summed E-state index contributed by atoms with van der Waals surface area (Å²) < 4.78 is 4.93. The molecule has 1 aromatic carbocycles. The molecule has 0 saturated carbocycles. The van der Waals surface area contributed by atoms with Crippen LogP contribution in [0.1, 0.15) is 16.1 Å². The van der Waals surface area contributed by atoms with Gasteiger partial charge in [-0.1, -0.05) is 29.4 Å². The first-order valence-corrected chi connectivity index (χ1v) is 6.06. The van der Waals surface area contributed by atoms with E-state index in [1.807, 2.05) is 24.3 Å². The van der Waals surface area contributed by atoms with E-state index in [-0.39, 0.29) is 12.5 Å². The summed E-state index contributed by atoms with van der Waals surface area (Å²) in [5.41, 5.74) is 6.29. The lowest BCUT2D eigenvalue weighted by Gasteiger charge is -2.08. The van der Waals surface area contributed by atoms with E-state index >= 15 is 0 Å². The fraction of sp³-hybridized carbons (Fsp3) is 0.0714. The first-order chi connectivity index (χ1) is 9.75. The summed E-state index contributed by atoms with van der Waals surface area (Å²) in [4.78, 5) is 16.3. The molecule has 100 valence electrons. The number of hydrogen-bond acceptors (Lipinski definition) is 5. The molecular weight excluding hydrogens is 256 g/mol. The van der Waals surface area contributed by atoms with Crippen molar-refractivity contribution in [3.8, 4) is 0 Å². The van der Waals surface area contributed by atoms with Crippen LogP contribution in [0.15, 0.2) is 47.2 Å². The van der Waals surface area contributed by atoms with Crippen LogP contribution in [0.5, 0.6) is 0 Å². The van der Waals surface area contributed by atoms with Crippen molar-refractivity contribution < 1.29 is 9.32 Å². The van der Waals surface area contributed by atoms with Crippen LogP contribution < -0.4 is 11.1 Å². The smallest absolute Gasteiger partial charge is 0.253 e. The van der Waals surface area contributed by atoms with Gasteiger partial charge in [0.1, 0.15) is 5.82 Å². The maximum absolute atomic E-state index is 12.2. The minimum atomic E-state index is -0.231. The Labute approximate surface area is 114 Å². The van der Waals surface area contributed by atoms with Crippen molar-refractivity contribution in [2.75, 3.05) is 5.73 Å². The minimum absolute atomic E-state index is 0.231. The number of rotatable bonds is 3. The first-order valence-electron chi connectivity index (χ1n) is 6.06. The molecule has 2 aromatic heterocycles. The van der Waals surface area contributed by atoms with Crippen molar-refractivity contribution in [3.63, 3.8) is 0 Å². The second kappa shape index (κ2) is 5.00. The van der Waals surface area contributed by atoms with Crippen LogP contribution >= 0.6 is 0 Å². The van der Waals surface area contributed by atoms with Gasteiger partial charge >= 0.3 is 0 Å². The molecule has 0 atom stereocenters. The second-order valence-electron chi connectivity index (χ2n) is 4.26. The van der Waals surface area contributed by atoms with Crippen molar-refractivity contribution in [2.24, 2.45) is 0 Å². The molecule has 0 aliphatic carbocycles. The lowest BCUT2D eigenvalue weighted by atomic mass is 10.1. The number of nitrogen functional groups attached to an aromatic ring is 1. The van der Waals surface area contributed by atoms with Crippen LogP contribution in [0, 0.1) is 0 Å². The molecule has 20 heavy (non-hydrogen) atoms. The van der Waals surface area contributed by atoms with Crippen molar-refractivity contribution in [1.29, 1.82) is 0 Å². The molecule has 6 nitrogen and oxygen atoms in total. The highest BCUT2D eigenvalue weighted by Gasteiger charge is 2.12. The monoisotopic (exact) mass is 268 g/mol. The summed E-state index contributed by atoms with van der Waals surface area (Å²) in [5, 5.41) is 7.88. The van der Waals surface area contributed by atoms with Gasteiger partial charge in [-0.3, -0.25) is 4.79 Å². The number of nitrogens with one attached hydrogen (secondary N) is 1. The Morgan fingerprint density at radius 1 is 1.25 bits per heavy atom. The van der Waals surface area contributed by atoms with Gasteiger partial charge in [-0.05, 0) is 5.39 Å². The van der Waals surface area contributed by atoms with E-state index in [1.165, 1.54) is 12.4 Å². The molecule has 1 amide bonds. The third kappa shape index (κ3) is 2.18. The molecule has 3 rings (SSSR count). The van der Waals surface area contributed by atoms with E-state index in [2.05, 4.69) is 15.5 Å². The number of pyridine rings is 1. The van der Waals surface area contributed by atoms with Crippen LogP contribution in [0.2, 0.25) is 0 Å². The highest BCUT2D eigenvalue weighted by atomic mass is 16.5. The SMILES string of the molecule is Nc1ncc(C(=O)NCc2ccno2)c2ccccc12. The van der Waals surface area contributed by atoms with Crippen molar-refractivity contribution in [2.45, 2.75) is 6.54 Å². The third-order valence-electron chi connectivity index (χ3n) is 2.98. The van der Waals surface area contributed by atoms with Crippen LogP contribution in [0.25, 0.3) is 10.8 Å². The number of carbonyl (C=O) groups is 1. The van der Waals surface area contributed by atoms with Gasteiger partial charge < -0.3 is 15.6 Å². The fourth-order valence-corrected chi connectivity index (χ4v) is 1.99. The molecule has 0 spiro atoms. The normalized spacial score (nSPS) is 10.6. The highest BCUT2D eigenvalue weighted by molar-refractivity contribution is 6.08. The Balaban J connectivity index is 1.90. The topological polar surface area (TPSA) is 94.0 Å². The van der Waals surface area contributed by atoms with Crippen LogP contribution in [-0.4, -0.2) is 16.0 Å². The summed E-state index contributed by atoms with van der Waals surface area (Å²) in [5.74, 6) is 0.767. The Bertz CT molecular complexity index is 753. The van der Waals surface area contributed by atoms with E-state index < -0.39 is 0 Å². The summed E-state index contributed by atoms with van der Waals surface area (Å²) in [6, 6.07) is 9.09. The molecule has 3 aromatic rings. The number of aromatic nitrogens is 2. The third-order valence-corrected chi connectivity index (χ3v) is 2.98. The van der Waals surface area contributed by atoms with E-state index in [1.54, 1.807) is 6.07 Å². The van der Waals surface area contributed by atoms with E-state index in [0.29, 0.717) is 17.1 Å². The van der Waals surface area contributed by atoms with E-state index in [9.17, 15) is 4.79 Å². The molecule has 0 fully saturated rings. The molecule has 0 radical (unpaired) electrons. The average molecular weight is 268 g/mol. The Hall–Kier alpha value is -2.89. The summed E-state index contributed by atoms with van der Waals surface area (Å²) in [6.45, 7) is 0.275. The van der Waals surface area contributed by atoms with Crippen molar-refractivity contribution in [3.05, 3.63) is 54.0 Å².